The van der Waals surface area contributed by atoms with Crippen molar-refractivity contribution >= 4 is 38.2 Å². The van der Waals surface area contributed by atoms with E-state index in [-0.39, 0.29) is 18.7 Å². The summed E-state index contributed by atoms with van der Waals surface area (Å²) in [4.78, 5) is 54.8. The number of phosphoric acid groups is 1. The Balaban J connectivity index is 4.38. The molecule has 0 spiro atoms. The number of rotatable bonds is 11. The Bertz CT molecular complexity index is 537. The van der Waals surface area contributed by atoms with Gasteiger partial charge >= 0.3 is 0 Å². The topological polar surface area (TPSA) is 191 Å². The number of aliphatic hydroxyl groups excluding tert-OH is 1. The molecule has 2 atom stereocenters. The Hall–Kier alpha value is -1.17. The zero-order valence-corrected chi connectivity index (χ0v) is 15.4. The van der Waals surface area contributed by atoms with Crippen molar-refractivity contribution in [1.29, 1.82) is 0 Å². The molecular weight excluding hydrogens is 379 g/mol. The number of aliphatic hydroxyl groups is 1. The van der Waals surface area contributed by atoms with Crippen molar-refractivity contribution in [3.8, 4) is 0 Å². The summed E-state index contributed by atoms with van der Waals surface area (Å²) in [6.45, 7) is 1.68. The molecule has 13 heteroatoms. The third kappa shape index (κ3) is 9.78. The lowest BCUT2D eigenvalue weighted by Crippen LogP contribution is -2.50. The molecule has 0 aromatic heterocycles. The molecule has 0 aromatic carbocycles. The molecule has 0 saturated heterocycles. The molecule has 0 radical (unpaired) electrons. The summed E-state index contributed by atoms with van der Waals surface area (Å²) >= 11 is 3.74. The quantitative estimate of drug-likeness (QED) is 0.197. The van der Waals surface area contributed by atoms with Gasteiger partial charge in [0.1, 0.15) is 6.10 Å². The first-order valence-electron chi connectivity index (χ1n) is 7.03. The summed E-state index contributed by atoms with van der Waals surface area (Å²) in [6.07, 6.45) is -1.99. The number of carboxylic acid groups (broad SMARTS) is 1. The number of amides is 2. The van der Waals surface area contributed by atoms with Crippen molar-refractivity contribution in [3.05, 3.63) is 0 Å². The number of hydrogen-bond donors (Lipinski definition) is 4. The Morgan fingerprint density at radius 2 is 1.88 bits per heavy atom. The van der Waals surface area contributed by atoms with Crippen LogP contribution in [-0.4, -0.2) is 53.9 Å². The van der Waals surface area contributed by atoms with Gasteiger partial charge in [0.25, 0.3) is 0 Å². The van der Waals surface area contributed by atoms with E-state index in [0.29, 0.717) is 0 Å². The second kappa shape index (κ2) is 10.1. The minimum Gasteiger partial charge on any atom is -0.790 e. The van der Waals surface area contributed by atoms with Crippen molar-refractivity contribution in [2.75, 3.05) is 18.9 Å². The number of carbonyl (C=O) groups excluding carboxylic acids is 3. The molecule has 146 valence electrons. The number of hydrogen-bond acceptors (Lipinski definition) is 10. The first-order chi connectivity index (χ1) is 11.3. The molecule has 0 aliphatic carbocycles. The van der Waals surface area contributed by atoms with Gasteiger partial charge in [0, 0.05) is 24.1 Å². The molecule has 2 amide bonds. The van der Waals surface area contributed by atoms with Gasteiger partial charge in [-0.25, -0.2) is 0 Å². The van der Waals surface area contributed by atoms with E-state index < -0.39 is 49.8 Å². The highest BCUT2D eigenvalue weighted by atomic mass is 32.1. The van der Waals surface area contributed by atoms with Crippen LogP contribution in [0.4, 0.5) is 0 Å². The molecule has 11 nitrogen and oxygen atoms in total. The van der Waals surface area contributed by atoms with Crippen LogP contribution >= 0.6 is 20.5 Å². The fraction of sp³-hybridized carbons (Fsp3) is 0.750. The van der Waals surface area contributed by atoms with Crippen LogP contribution < -0.4 is 25.5 Å². The normalized spacial score (nSPS) is 14.5. The number of aliphatic carboxylic acids is 1. The molecule has 0 aliphatic rings. The lowest BCUT2D eigenvalue weighted by Gasteiger charge is -2.35. The first-order valence-corrected chi connectivity index (χ1v) is 9.13. The van der Waals surface area contributed by atoms with Crippen LogP contribution in [-0.2, 0) is 23.5 Å². The fourth-order valence-electron chi connectivity index (χ4n) is 1.52. The molecule has 0 saturated carbocycles. The lowest BCUT2D eigenvalue weighted by atomic mass is 9.87. The summed E-state index contributed by atoms with van der Waals surface area (Å²) in [6, 6.07) is -1.27. The zero-order chi connectivity index (χ0) is 19.8. The van der Waals surface area contributed by atoms with Crippen LogP contribution in [0.25, 0.3) is 0 Å². The maximum absolute atomic E-state index is 11.8. The van der Waals surface area contributed by atoms with Crippen molar-refractivity contribution in [3.63, 3.8) is 0 Å². The van der Waals surface area contributed by atoms with E-state index in [1.54, 1.807) is 0 Å². The summed E-state index contributed by atoms with van der Waals surface area (Å²) < 4.78 is 14.5. The van der Waals surface area contributed by atoms with Gasteiger partial charge in [-0.1, -0.05) is 13.8 Å². The van der Waals surface area contributed by atoms with E-state index >= 15 is 0 Å². The Kier molecular flexibility index (Phi) is 9.62. The second-order valence-corrected chi connectivity index (χ2v) is 7.29. The van der Waals surface area contributed by atoms with Crippen LogP contribution in [0.1, 0.15) is 20.3 Å². The number of phosphoric ester groups is 1. The highest BCUT2D eigenvalue weighted by Crippen LogP contribution is 2.31. The number of carbonyl (C=O) groups is 3. The summed E-state index contributed by atoms with van der Waals surface area (Å²) in [5, 5.41) is 24.9. The monoisotopic (exact) mass is 399 g/mol. The summed E-state index contributed by atoms with van der Waals surface area (Å²) in [5.74, 6) is -3.27. The molecule has 3 N–H and O–H groups in total. The highest BCUT2D eigenvalue weighted by Gasteiger charge is 2.34. The van der Waals surface area contributed by atoms with E-state index in [1.807, 2.05) is 0 Å². The summed E-state index contributed by atoms with van der Waals surface area (Å²) in [5.41, 5.74) is -1.39. The minimum absolute atomic E-state index is 0.170. The maximum atomic E-state index is 11.8. The van der Waals surface area contributed by atoms with Gasteiger partial charge in [-0.3, -0.25) is 9.59 Å². The van der Waals surface area contributed by atoms with Gasteiger partial charge in [0.15, 0.2) is 0 Å². The predicted molar refractivity (Wildman–Crippen MR) is 81.8 cm³/mol. The molecule has 25 heavy (non-hydrogen) atoms. The SMILES string of the molecule is CC(C)(COP(=O)([O-])[O-])C(O)C(=O)NCCC(=O)NC(CS)C(=O)[O-]. The predicted octanol–water partition coefficient (Wildman–Crippen LogP) is -4.11. The van der Waals surface area contributed by atoms with Crippen LogP contribution in [0.15, 0.2) is 0 Å². The molecule has 2 unspecified atom stereocenters. The third-order valence-electron chi connectivity index (χ3n) is 3.04. The van der Waals surface area contributed by atoms with Crippen LogP contribution in [0, 0.1) is 5.41 Å². The average Bonchev–Trinajstić information content (AvgIpc) is 2.48. The van der Waals surface area contributed by atoms with E-state index in [4.69, 9.17) is 0 Å². The molecule has 0 aromatic rings. The number of carboxylic acids is 1. The molecule has 0 heterocycles. The van der Waals surface area contributed by atoms with Gasteiger partial charge in [0.05, 0.1) is 26.4 Å². The van der Waals surface area contributed by atoms with Gasteiger partial charge in [-0.15, -0.1) is 0 Å². The Labute approximate surface area is 149 Å². The van der Waals surface area contributed by atoms with Gasteiger partial charge in [-0.2, -0.15) is 12.6 Å². The van der Waals surface area contributed by atoms with Crippen molar-refractivity contribution in [2.45, 2.75) is 32.4 Å². The van der Waals surface area contributed by atoms with Crippen molar-refractivity contribution in [2.24, 2.45) is 5.41 Å². The number of thiol groups is 1. The molecule has 0 bridgehead atoms. The second-order valence-electron chi connectivity index (χ2n) is 5.77. The molecule has 0 fully saturated rings. The van der Waals surface area contributed by atoms with Gasteiger partial charge in [0.2, 0.25) is 11.8 Å². The van der Waals surface area contributed by atoms with Crippen molar-refractivity contribution in [1.82, 2.24) is 10.6 Å². The van der Waals surface area contributed by atoms with E-state index in [0.717, 1.165) is 0 Å². The lowest BCUT2D eigenvalue weighted by molar-refractivity contribution is -0.343. The van der Waals surface area contributed by atoms with Gasteiger partial charge < -0.3 is 44.5 Å². The van der Waals surface area contributed by atoms with Crippen LogP contribution in [0.5, 0.6) is 0 Å². The average molecular weight is 399 g/mol. The molecule has 0 aliphatic heterocycles. The van der Waals surface area contributed by atoms with Crippen molar-refractivity contribution < 1.29 is 43.5 Å². The smallest absolute Gasteiger partial charge is 0.249 e. The minimum atomic E-state index is -5.25. The van der Waals surface area contributed by atoms with Crippen LogP contribution in [0.2, 0.25) is 0 Å². The molecular formula is C12H20N2O9PS-3. The van der Waals surface area contributed by atoms with E-state index in [9.17, 15) is 38.9 Å². The Morgan fingerprint density at radius 1 is 1.32 bits per heavy atom. The summed E-state index contributed by atoms with van der Waals surface area (Å²) in [7, 11) is -5.25. The third-order valence-corrected chi connectivity index (χ3v) is 3.85. The highest BCUT2D eigenvalue weighted by molar-refractivity contribution is 7.80. The molecule has 0 rings (SSSR count). The van der Waals surface area contributed by atoms with E-state index in [2.05, 4.69) is 27.8 Å². The fourth-order valence-corrected chi connectivity index (χ4v) is 2.25. The first kappa shape index (κ1) is 23.8. The number of nitrogens with one attached hydrogen (secondary N) is 2. The van der Waals surface area contributed by atoms with E-state index in [1.165, 1.54) is 13.8 Å². The Morgan fingerprint density at radius 3 is 2.32 bits per heavy atom. The maximum Gasteiger partial charge on any atom is 0.249 e. The largest absolute Gasteiger partial charge is 0.790 e. The van der Waals surface area contributed by atoms with Gasteiger partial charge in [-0.05, 0) is 0 Å². The van der Waals surface area contributed by atoms with Crippen LogP contribution in [0.3, 0.4) is 0 Å². The standard InChI is InChI=1S/C12H23N2O9PS/c1-12(2,6-23-24(20,21)22)9(16)10(17)13-4-3-8(15)14-7(5-25)11(18)19/h7,9,16,25H,3-6H2,1-2H3,(H,13,17)(H,14,15)(H,18,19)(H2,20,21,22)/p-3. The zero-order valence-electron chi connectivity index (χ0n) is 13.6.